The normalized spacial score (nSPS) is 22.5. The van der Waals surface area contributed by atoms with E-state index >= 15 is 0 Å². The van der Waals surface area contributed by atoms with E-state index in [0.717, 1.165) is 32.5 Å². The molecule has 0 bridgehead atoms. The predicted octanol–water partition coefficient (Wildman–Crippen LogP) is 2.47. The third-order valence-electron chi connectivity index (χ3n) is 4.24. The maximum Gasteiger partial charge on any atom is 0.239 e. The quantitative estimate of drug-likeness (QED) is 0.894. The van der Waals surface area contributed by atoms with Crippen molar-refractivity contribution in [2.45, 2.75) is 39.2 Å². The molecule has 20 heavy (non-hydrogen) atoms. The maximum absolute atomic E-state index is 12.6. The van der Waals surface area contributed by atoms with Crippen LogP contribution in [-0.2, 0) is 11.2 Å². The summed E-state index contributed by atoms with van der Waals surface area (Å²) in [6.45, 7) is 6.81. The number of hydrogen-bond donors (Lipinski definition) is 1. The minimum absolute atomic E-state index is 0.0134. The number of carbonyl (C=O) groups is 1. The first kappa shape index (κ1) is 15.0. The monoisotopic (exact) mass is 274 g/mol. The SMILES string of the molecule is CCN(CCc1ccccc1)C(=O)C1NCCCC1C. The van der Waals surface area contributed by atoms with Crippen LogP contribution >= 0.6 is 0 Å². The zero-order valence-corrected chi connectivity index (χ0v) is 12.6. The zero-order chi connectivity index (χ0) is 14.4. The van der Waals surface area contributed by atoms with Crippen LogP contribution in [0.2, 0.25) is 0 Å². The molecule has 2 unspecified atom stereocenters. The third-order valence-corrected chi connectivity index (χ3v) is 4.24. The van der Waals surface area contributed by atoms with Crippen LogP contribution in [0.3, 0.4) is 0 Å². The molecule has 1 aromatic carbocycles. The molecule has 1 aliphatic rings. The first-order valence-electron chi connectivity index (χ1n) is 7.78. The Hall–Kier alpha value is -1.35. The van der Waals surface area contributed by atoms with Gasteiger partial charge in [0.1, 0.15) is 0 Å². The second-order valence-corrected chi connectivity index (χ2v) is 5.70. The van der Waals surface area contributed by atoms with E-state index in [0.29, 0.717) is 5.92 Å². The van der Waals surface area contributed by atoms with Gasteiger partial charge in [-0.1, -0.05) is 37.3 Å². The standard InChI is InChI=1S/C17H26N2O/c1-3-19(13-11-15-9-5-4-6-10-15)17(20)16-14(2)8-7-12-18-16/h4-6,9-10,14,16,18H,3,7-8,11-13H2,1-2H3. The smallest absolute Gasteiger partial charge is 0.239 e. The van der Waals surface area contributed by atoms with Crippen LogP contribution in [0.25, 0.3) is 0 Å². The lowest BCUT2D eigenvalue weighted by molar-refractivity contribution is -0.135. The molecule has 1 heterocycles. The van der Waals surface area contributed by atoms with Gasteiger partial charge in [-0.15, -0.1) is 0 Å². The summed E-state index contributed by atoms with van der Waals surface area (Å²) in [4.78, 5) is 14.6. The molecular weight excluding hydrogens is 248 g/mol. The number of amides is 1. The summed E-state index contributed by atoms with van der Waals surface area (Å²) in [6.07, 6.45) is 3.27. The van der Waals surface area contributed by atoms with E-state index in [1.54, 1.807) is 0 Å². The Morgan fingerprint density at radius 3 is 2.75 bits per heavy atom. The molecule has 0 saturated carbocycles. The number of hydrogen-bond acceptors (Lipinski definition) is 2. The van der Waals surface area contributed by atoms with Crippen LogP contribution in [0.1, 0.15) is 32.3 Å². The van der Waals surface area contributed by atoms with Crippen molar-refractivity contribution in [1.29, 1.82) is 0 Å². The lowest BCUT2D eigenvalue weighted by Crippen LogP contribution is -2.52. The van der Waals surface area contributed by atoms with Gasteiger partial charge >= 0.3 is 0 Å². The Bertz CT molecular complexity index is 418. The summed E-state index contributed by atoms with van der Waals surface area (Å²) >= 11 is 0. The van der Waals surface area contributed by atoms with E-state index in [1.807, 2.05) is 11.0 Å². The summed E-state index contributed by atoms with van der Waals surface area (Å²) in [5, 5.41) is 3.39. The van der Waals surface area contributed by atoms with Crippen molar-refractivity contribution >= 4 is 5.91 Å². The molecule has 0 aliphatic carbocycles. The molecule has 2 atom stereocenters. The number of nitrogens with zero attached hydrogens (tertiary/aromatic N) is 1. The molecule has 1 amide bonds. The molecule has 1 N–H and O–H groups in total. The van der Waals surface area contributed by atoms with Crippen molar-refractivity contribution in [1.82, 2.24) is 10.2 Å². The molecule has 3 nitrogen and oxygen atoms in total. The second-order valence-electron chi connectivity index (χ2n) is 5.70. The Balaban J connectivity index is 1.91. The summed E-state index contributed by atoms with van der Waals surface area (Å²) < 4.78 is 0. The van der Waals surface area contributed by atoms with E-state index in [4.69, 9.17) is 0 Å². The van der Waals surface area contributed by atoms with Crippen molar-refractivity contribution in [3.8, 4) is 0 Å². The molecule has 0 radical (unpaired) electrons. The Labute approximate surface area is 122 Å². The fraction of sp³-hybridized carbons (Fsp3) is 0.588. The van der Waals surface area contributed by atoms with Crippen molar-refractivity contribution < 1.29 is 4.79 Å². The predicted molar refractivity (Wildman–Crippen MR) is 82.6 cm³/mol. The topological polar surface area (TPSA) is 32.3 Å². The van der Waals surface area contributed by atoms with Crippen LogP contribution in [0.4, 0.5) is 0 Å². The highest BCUT2D eigenvalue weighted by Crippen LogP contribution is 2.17. The molecule has 0 spiro atoms. The summed E-state index contributed by atoms with van der Waals surface area (Å²) in [6, 6.07) is 10.4. The highest BCUT2D eigenvalue weighted by Gasteiger charge is 2.30. The summed E-state index contributed by atoms with van der Waals surface area (Å²) in [5.41, 5.74) is 1.29. The largest absolute Gasteiger partial charge is 0.341 e. The van der Waals surface area contributed by atoms with E-state index in [-0.39, 0.29) is 11.9 Å². The third kappa shape index (κ3) is 3.83. The molecule has 0 aromatic heterocycles. The Morgan fingerprint density at radius 2 is 2.10 bits per heavy atom. The number of likely N-dealkylation sites (N-methyl/N-ethyl adjacent to an activating group) is 1. The fourth-order valence-corrected chi connectivity index (χ4v) is 2.91. The first-order chi connectivity index (χ1) is 9.72. The van der Waals surface area contributed by atoms with Gasteiger partial charge in [0.2, 0.25) is 5.91 Å². The van der Waals surface area contributed by atoms with Crippen LogP contribution < -0.4 is 5.32 Å². The molecule has 1 aliphatic heterocycles. The van der Waals surface area contributed by atoms with Crippen LogP contribution in [-0.4, -0.2) is 36.5 Å². The molecule has 110 valence electrons. The van der Waals surface area contributed by atoms with Crippen LogP contribution in [0, 0.1) is 5.92 Å². The van der Waals surface area contributed by atoms with Gasteiger partial charge in [-0.2, -0.15) is 0 Å². The Kier molecular flexibility index (Phi) is 5.60. The van der Waals surface area contributed by atoms with Crippen molar-refractivity contribution in [3.63, 3.8) is 0 Å². The van der Waals surface area contributed by atoms with E-state index in [9.17, 15) is 4.79 Å². The molecule has 1 fully saturated rings. The average molecular weight is 274 g/mol. The lowest BCUT2D eigenvalue weighted by Gasteiger charge is -2.33. The molecule has 3 heteroatoms. The van der Waals surface area contributed by atoms with Crippen molar-refractivity contribution in [2.75, 3.05) is 19.6 Å². The van der Waals surface area contributed by atoms with E-state index < -0.39 is 0 Å². The number of rotatable bonds is 5. The molecule has 2 rings (SSSR count). The molecular formula is C17H26N2O. The van der Waals surface area contributed by atoms with Gasteiger partial charge in [-0.25, -0.2) is 0 Å². The van der Waals surface area contributed by atoms with Crippen LogP contribution in [0.5, 0.6) is 0 Å². The van der Waals surface area contributed by atoms with Crippen molar-refractivity contribution in [2.24, 2.45) is 5.92 Å². The molecule has 1 saturated heterocycles. The van der Waals surface area contributed by atoms with Crippen molar-refractivity contribution in [3.05, 3.63) is 35.9 Å². The number of nitrogens with one attached hydrogen (secondary N) is 1. The van der Waals surface area contributed by atoms with Gasteiger partial charge < -0.3 is 10.2 Å². The lowest BCUT2D eigenvalue weighted by atomic mass is 9.91. The van der Waals surface area contributed by atoms with Gasteiger partial charge in [0.25, 0.3) is 0 Å². The van der Waals surface area contributed by atoms with Gasteiger partial charge in [0.15, 0.2) is 0 Å². The number of benzene rings is 1. The highest BCUT2D eigenvalue weighted by atomic mass is 16.2. The highest BCUT2D eigenvalue weighted by molar-refractivity contribution is 5.82. The number of carbonyl (C=O) groups excluding carboxylic acids is 1. The van der Waals surface area contributed by atoms with E-state index in [2.05, 4.69) is 43.4 Å². The minimum atomic E-state index is 0.0134. The van der Waals surface area contributed by atoms with Crippen LogP contribution in [0.15, 0.2) is 30.3 Å². The minimum Gasteiger partial charge on any atom is -0.341 e. The van der Waals surface area contributed by atoms with E-state index in [1.165, 1.54) is 12.0 Å². The summed E-state index contributed by atoms with van der Waals surface area (Å²) in [7, 11) is 0. The van der Waals surface area contributed by atoms with Gasteiger partial charge in [-0.05, 0) is 44.2 Å². The number of piperidine rings is 1. The first-order valence-corrected chi connectivity index (χ1v) is 7.78. The molecule has 1 aromatic rings. The van der Waals surface area contributed by atoms with Gasteiger partial charge in [-0.3, -0.25) is 4.79 Å². The second kappa shape index (κ2) is 7.44. The van der Waals surface area contributed by atoms with Gasteiger partial charge in [0, 0.05) is 13.1 Å². The summed E-state index contributed by atoms with van der Waals surface area (Å²) in [5.74, 6) is 0.720. The van der Waals surface area contributed by atoms with Gasteiger partial charge in [0.05, 0.1) is 6.04 Å². The fourth-order valence-electron chi connectivity index (χ4n) is 2.91. The Morgan fingerprint density at radius 1 is 1.35 bits per heavy atom. The zero-order valence-electron chi connectivity index (χ0n) is 12.6. The maximum atomic E-state index is 12.6. The average Bonchev–Trinajstić information content (AvgIpc) is 2.49.